The number of likely N-dealkylation sites (N-methyl/N-ethyl adjacent to an activating group) is 1. The summed E-state index contributed by atoms with van der Waals surface area (Å²) in [5, 5.41) is 19.5. The largest absolute Gasteiger partial charge is 0.493 e. The molecule has 0 saturated heterocycles. The van der Waals surface area contributed by atoms with Crippen LogP contribution in [-0.2, 0) is 5.67 Å². The molecule has 2 N–H and O–H groups in total. The van der Waals surface area contributed by atoms with E-state index < -0.39 is 5.67 Å². The van der Waals surface area contributed by atoms with Crippen LogP contribution in [0.4, 0.5) is 10.1 Å². The van der Waals surface area contributed by atoms with E-state index in [1.807, 2.05) is 18.0 Å². The van der Waals surface area contributed by atoms with Gasteiger partial charge in [0.15, 0.2) is 11.5 Å². The zero-order valence-electron chi connectivity index (χ0n) is 11.9. The van der Waals surface area contributed by atoms with Gasteiger partial charge < -0.3 is 15.1 Å². The first-order valence-corrected chi connectivity index (χ1v) is 7.06. The molecule has 1 aliphatic rings. The Morgan fingerprint density at radius 2 is 2.10 bits per heavy atom. The quantitative estimate of drug-likeness (QED) is 0.903. The van der Waals surface area contributed by atoms with Crippen LogP contribution in [0.3, 0.4) is 0 Å². The predicted octanol–water partition coefficient (Wildman–Crippen LogP) is 2.11. The Balaban J connectivity index is 2.03. The lowest BCUT2D eigenvalue weighted by atomic mass is 9.81. The summed E-state index contributed by atoms with van der Waals surface area (Å²) in [6.45, 7) is 0.527. The van der Waals surface area contributed by atoms with Gasteiger partial charge in [0.05, 0.1) is 17.5 Å². The standard InChI is InChI=1S/C15H18FN3O2/c1-19(7-8-20)10-3-4-12-11(9-10)13(21)18-14(17-12)15(16)5-2-6-15/h3-4,9,20H,2,5-8H2,1H3,(H,17,18,21). The Bertz CT molecular complexity index is 673. The SMILES string of the molecule is CN(CCO)c1ccc2nc(C3(F)CCC3)nc(O)c2c1. The molecular formula is C15H18FN3O2. The molecule has 0 amide bonds. The van der Waals surface area contributed by atoms with Gasteiger partial charge in [-0.2, -0.15) is 4.98 Å². The van der Waals surface area contributed by atoms with Crippen LogP contribution in [0.5, 0.6) is 5.88 Å². The maximum atomic E-state index is 14.4. The number of halogens is 1. The van der Waals surface area contributed by atoms with Crippen LogP contribution in [-0.4, -0.2) is 40.4 Å². The molecule has 6 heteroatoms. The van der Waals surface area contributed by atoms with Crippen LogP contribution < -0.4 is 4.90 Å². The number of benzene rings is 1. The topological polar surface area (TPSA) is 69.5 Å². The lowest BCUT2D eigenvalue weighted by Gasteiger charge is -2.32. The summed E-state index contributed by atoms with van der Waals surface area (Å²) < 4.78 is 14.4. The first kappa shape index (κ1) is 14.0. The minimum Gasteiger partial charge on any atom is -0.493 e. The van der Waals surface area contributed by atoms with E-state index in [0.717, 1.165) is 12.1 Å². The van der Waals surface area contributed by atoms with E-state index in [4.69, 9.17) is 5.11 Å². The zero-order chi connectivity index (χ0) is 15.0. The summed E-state index contributed by atoms with van der Waals surface area (Å²) in [5.41, 5.74) is -0.123. The second kappa shape index (κ2) is 5.11. The van der Waals surface area contributed by atoms with Crippen LogP contribution in [0, 0.1) is 0 Å². The Morgan fingerprint density at radius 1 is 1.33 bits per heavy atom. The van der Waals surface area contributed by atoms with Gasteiger partial charge in [0.25, 0.3) is 0 Å². The molecule has 21 heavy (non-hydrogen) atoms. The van der Waals surface area contributed by atoms with Gasteiger partial charge in [-0.25, -0.2) is 9.37 Å². The maximum Gasteiger partial charge on any atom is 0.222 e. The van der Waals surface area contributed by atoms with Crippen LogP contribution >= 0.6 is 0 Å². The average molecular weight is 291 g/mol. The molecule has 1 aliphatic carbocycles. The van der Waals surface area contributed by atoms with E-state index in [1.54, 1.807) is 12.1 Å². The monoisotopic (exact) mass is 291 g/mol. The van der Waals surface area contributed by atoms with E-state index in [1.165, 1.54) is 0 Å². The molecule has 1 heterocycles. The van der Waals surface area contributed by atoms with Gasteiger partial charge in [-0.05, 0) is 37.5 Å². The van der Waals surface area contributed by atoms with Crippen molar-refractivity contribution in [1.29, 1.82) is 0 Å². The lowest BCUT2D eigenvalue weighted by molar-refractivity contribution is 0.0504. The number of aromatic hydroxyl groups is 1. The fourth-order valence-electron chi connectivity index (χ4n) is 2.53. The van der Waals surface area contributed by atoms with Gasteiger partial charge in [-0.3, -0.25) is 0 Å². The first-order valence-electron chi connectivity index (χ1n) is 7.06. The normalized spacial score (nSPS) is 16.7. The summed E-state index contributed by atoms with van der Waals surface area (Å²) in [6, 6.07) is 5.32. The Morgan fingerprint density at radius 3 is 2.71 bits per heavy atom. The number of nitrogens with zero attached hydrogens (tertiary/aromatic N) is 3. The third-order valence-electron chi connectivity index (χ3n) is 4.08. The number of fused-ring (bicyclic) bond motifs is 1. The van der Waals surface area contributed by atoms with Crippen molar-refractivity contribution >= 4 is 16.6 Å². The summed E-state index contributed by atoms with van der Waals surface area (Å²) in [6.07, 6.45) is 1.65. The number of hydrogen-bond donors (Lipinski definition) is 2. The molecule has 1 aromatic carbocycles. The summed E-state index contributed by atoms with van der Waals surface area (Å²) in [7, 11) is 1.84. The second-order valence-electron chi connectivity index (χ2n) is 5.54. The van der Waals surface area contributed by atoms with E-state index in [0.29, 0.717) is 30.3 Å². The molecule has 2 aromatic rings. The van der Waals surface area contributed by atoms with E-state index in [-0.39, 0.29) is 18.3 Å². The van der Waals surface area contributed by atoms with Gasteiger partial charge >= 0.3 is 0 Å². The number of aliphatic hydroxyl groups is 1. The highest BCUT2D eigenvalue weighted by Gasteiger charge is 2.42. The van der Waals surface area contributed by atoms with Crippen molar-refractivity contribution in [3.8, 4) is 5.88 Å². The van der Waals surface area contributed by atoms with Gasteiger partial charge in [0.2, 0.25) is 5.88 Å². The number of rotatable bonds is 4. The van der Waals surface area contributed by atoms with Gasteiger partial charge in [-0.1, -0.05) is 0 Å². The fraction of sp³-hybridized carbons (Fsp3) is 0.467. The van der Waals surface area contributed by atoms with Crippen molar-refractivity contribution in [2.24, 2.45) is 0 Å². The molecule has 0 unspecified atom stereocenters. The highest BCUT2D eigenvalue weighted by atomic mass is 19.1. The molecule has 0 radical (unpaired) electrons. The fourth-order valence-corrected chi connectivity index (χ4v) is 2.53. The minimum absolute atomic E-state index is 0.0420. The molecule has 1 fully saturated rings. The molecule has 0 atom stereocenters. The van der Waals surface area contributed by atoms with Gasteiger partial charge in [0, 0.05) is 19.3 Å². The maximum absolute atomic E-state index is 14.4. The number of hydrogen-bond acceptors (Lipinski definition) is 5. The molecule has 5 nitrogen and oxygen atoms in total. The van der Waals surface area contributed by atoms with Crippen LogP contribution in [0.15, 0.2) is 18.2 Å². The summed E-state index contributed by atoms with van der Waals surface area (Å²) in [4.78, 5) is 10.1. The van der Waals surface area contributed by atoms with Crippen LogP contribution in [0.2, 0.25) is 0 Å². The number of aromatic nitrogens is 2. The number of anilines is 1. The molecular weight excluding hydrogens is 273 g/mol. The summed E-state index contributed by atoms with van der Waals surface area (Å²) in [5.74, 6) is -0.117. The summed E-state index contributed by atoms with van der Waals surface area (Å²) >= 11 is 0. The molecule has 112 valence electrons. The molecule has 0 spiro atoms. The van der Waals surface area contributed by atoms with E-state index in [9.17, 15) is 9.50 Å². The van der Waals surface area contributed by atoms with Crippen molar-refractivity contribution in [3.63, 3.8) is 0 Å². The Labute approximate surface area is 122 Å². The minimum atomic E-state index is -1.49. The zero-order valence-corrected chi connectivity index (χ0v) is 11.9. The third kappa shape index (κ3) is 2.40. The van der Waals surface area contributed by atoms with Crippen molar-refractivity contribution in [2.45, 2.75) is 24.9 Å². The highest BCUT2D eigenvalue weighted by Crippen LogP contribution is 2.44. The third-order valence-corrected chi connectivity index (χ3v) is 4.08. The van der Waals surface area contributed by atoms with Crippen LogP contribution in [0.1, 0.15) is 25.1 Å². The lowest BCUT2D eigenvalue weighted by Crippen LogP contribution is -2.31. The molecule has 3 rings (SSSR count). The number of alkyl halides is 1. The van der Waals surface area contributed by atoms with Crippen LogP contribution in [0.25, 0.3) is 10.9 Å². The number of aliphatic hydroxyl groups excluding tert-OH is 1. The van der Waals surface area contributed by atoms with Crippen molar-refractivity contribution in [2.75, 3.05) is 25.1 Å². The van der Waals surface area contributed by atoms with Crippen molar-refractivity contribution in [3.05, 3.63) is 24.0 Å². The molecule has 0 bridgehead atoms. The van der Waals surface area contributed by atoms with E-state index >= 15 is 0 Å². The Kier molecular flexibility index (Phi) is 3.41. The van der Waals surface area contributed by atoms with Crippen molar-refractivity contribution < 1.29 is 14.6 Å². The first-order chi connectivity index (χ1) is 10.0. The van der Waals surface area contributed by atoms with Crippen molar-refractivity contribution in [1.82, 2.24) is 9.97 Å². The molecule has 1 aromatic heterocycles. The second-order valence-corrected chi connectivity index (χ2v) is 5.54. The molecule has 1 saturated carbocycles. The van der Waals surface area contributed by atoms with Gasteiger partial charge in [0.1, 0.15) is 0 Å². The Hall–Kier alpha value is -1.95. The highest BCUT2D eigenvalue weighted by molar-refractivity contribution is 5.86. The average Bonchev–Trinajstić information content (AvgIpc) is 2.44. The predicted molar refractivity (Wildman–Crippen MR) is 78.2 cm³/mol. The smallest absolute Gasteiger partial charge is 0.222 e. The van der Waals surface area contributed by atoms with E-state index in [2.05, 4.69) is 9.97 Å². The molecule has 0 aliphatic heterocycles. The van der Waals surface area contributed by atoms with Gasteiger partial charge in [-0.15, -0.1) is 0 Å².